The molecule has 1 aliphatic carbocycles. The first-order valence-electron chi connectivity index (χ1n) is 6.49. The first-order valence-corrected chi connectivity index (χ1v) is 7.28. The van der Waals surface area contributed by atoms with Crippen molar-refractivity contribution in [2.45, 2.75) is 32.1 Å². The highest BCUT2D eigenvalue weighted by Gasteiger charge is 2.43. The van der Waals surface area contributed by atoms with Crippen LogP contribution in [0.3, 0.4) is 0 Å². The number of hydrogen-bond donors (Lipinski definition) is 1. The third-order valence-electron chi connectivity index (χ3n) is 4.30. The van der Waals surface area contributed by atoms with E-state index in [0.717, 1.165) is 10.2 Å². The number of nitrogens with zero attached hydrogens (tertiary/aromatic N) is 1. The Morgan fingerprint density at radius 2 is 1.82 bits per heavy atom. The summed E-state index contributed by atoms with van der Waals surface area (Å²) < 4.78 is 1.06. The summed E-state index contributed by atoms with van der Waals surface area (Å²) in [5.41, 5.74) is 8.81. The second-order valence-corrected chi connectivity index (χ2v) is 6.54. The zero-order valence-corrected chi connectivity index (χ0v) is 11.7. The van der Waals surface area contributed by atoms with Gasteiger partial charge in [-0.3, -0.25) is 0 Å². The van der Waals surface area contributed by atoms with Crippen molar-refractivity contribution in [2.75, 3.05) is 23.7 Å². The van der Waals surface area contributed by atoms with E-state index in [-0.39, 0.29) is 0 Å². The molecule has 0 atom stereocenters. The maximum absolute atomic E-state index is 6.08. The molecule has 92 valence electrons. The van der Waals surface area contributed by atoms with Gasteiger partial charge in [-0.1, -0.05) is 35.2 Å². The number of anilines is 2. The van der Waals surface area contributed by atoms with Gasteiger partial charge in [-0.15, -0.1) is 0 Å². The van der Waals surface area contributed by atoms with Gasteiger partial charge < -0.3 is 10.6 Å². The molecule has 0 aromatic heterocycles. The van der Waals surface area contributed by atoms with Gasteiger partial charge in [0, 0.05) is 23.0 Å². The van der Waals surface area contributed by atoms with Gasteiger partial charge in [0.15, 0.2) is 0 Å². The summed E-state index contributed by atoms with van der Waals surface area (Å²) in [6.07, 6.45) is 7.11. The fourth-order valence-electron chi connectivity index (χ4n) is 3.37. The first kappa shape index (κ1) is 11.4. The Morgan fingerprint density at radius 3 is 2.47 bits per heavy atom. The summed E-state index contributed by atoms with van der Waals surface area (Å²) in [5.74, 6) is 0. The lowest BCUT2D eigenvalue weighted by Gasteiger charge is -2.53. The molecule has 1 aromatic rings. The normalized spacial score (nSPS) is 22.5. The Morgan fingerprint density at radius 1 is 1.12 bits per heavy atom. The van der Waals surface area contributed by atoms with Crippen LogP contribution in [-0.4, -0.2) is 13.1 Å². The van der Waals surface area contributed by atoms with Crippen molar-refractivity contribution in [3.8, 4) is 0 Å². The highest BCUT2D eigenvalue weighted by molar-refractivity contribution is 9.10. The predicted octanol–water partition coefficient (Wildman–Crippen LogP) is 3.80. The van der Waals surface area contributed by atoms with Gasteiger partial charge in [0.1, 0.15) is 0 Å². The maximum atomic E-state index is 6.08. The number of rotatable bonds is 1. The standard InChI is InChI=1S/C14H19BrN2/c15-11-4-5-13(12(16)8-11)17-9-14(10-17)6-2-1-3-7-14/h4-5,8H,1-3,6-7,9-10,16H2. The van der Waals surface area contributed by atoms with Crippen LogP contribution in [0.1, 0.15) is 32.1 Å². The average molecular weight is 295 g/mol. The molecule has 0 bridgehead atoms. The minimum atomic E-state index is 0.623. The molecule has 1 spiro atoms. The van der Waals surface area contributed by atoms with Gasteiger partial charge in [0.2, 0.25) is 0 Å². The highest BCUT2D eigenvalue weighted by atomic mass is 79.9. The van der Waals surface area contributed by atoms with E-state index < -0.39 is 0 Å². The molecule has 1 saturated heterocycles. The van der Waals surface area contributed by atoms with Crippen LogP contribution in [0.5, 0.6) is 0 Å². The lowest BCUT2D eigenvalue weighted by atomic mass is 9.68. The first-order chi connectivity index (χ1) is 8.19. The van der Waals surface area contributed by atoms with Crippen LogP contribution in [0, 0.1) is 5.41 Å². The van der Waals surface area contributed by atoms with E-state index in [4.69, 9.17) is 5.73 Å². The van der Waals surface area contributed by atoms with Crippen molar-refractivity contribution in [2.24, 2.45) is 5.41 Å². The van der Waals surface area contributed by atoms with Gasteiger partial charge in [-0.2, -0.15) is 0 Å². The van der Waals surface area contributed by atoms with Crippen LogP contribution < -0.4 is 10.6 Å². The van der Waals surface area contributed by atoms with Gasteiger partial charge in [0.25, 0.3) is 0 Å². The Balaban J connectivity index is 1.72. The van der Waals surface area contributed by atoms with Crippen molar-refractivity contribution < 1.29 is 0 Å². The molecule has 1 aromatic carbocycles. The van der Waals surface area contributed by atoms with E-state index >= 15 is 0 Å². The minimum absolute atomic E-state index is 0.623. The zero-order chi connectivity index (χ0) is 11.9. The average Bonchev–Trinajstić information content (AvgIpc) is 2.27. The van der Waals surface area contributed by atoms with Crippen molar-refractivity contribution in [3.63, 3.8) is 0 Å². The van der Waals surface area contributed by atoms with E-state index in [0.29, 0.717) is 5.41 Å². The zero-order valence-electron chi connectivity index (χ0n) is 10.1. The molecule has 2 N–H and O–H groups in total. The fourth-order valence-corrected chi connectivity index (χ4v) is 3.74. The second-order valence-electron chi connectivity index (χ2n) is 5.62. The number of halogens is 1. The van der Waals surface area contributed by atoms with Crippen LogP contribution in [0.2, 0.25) is 0 Å². The Labute approximate surface area is 111 Å². The molecule has 2 fully saturated rings. The van der Waals surface area contributed by atoms with Gasteiger partial charge in [-0.05, 0) is 31.0 Å². The quantitative estimate of drug-likeness (QED) is 0.798. The van der Waals surface area contributed by atoms with Crippen LogP contribution >= 0.6 is 15.9 Å². The summed E-state index contributed by atoms with van der Waals surface area (Å²) in [7, 11) is 0. The molecule has 0 radical (unpaired) electrons. The summed E-state index contributed by atoms with van der Waals surface area (Å²) in [5, 5.41) is 0. The van der Waals surface area contributed by atoms with Crippen molar-refractivity contribution in [1.29, 1.82) is 0 Å². The molecule has 0 unspecified atom stereocenters. The van der Waals surface area contributed by atoms with E-state index in [1.807, 2.05) is 6.07 Å². The van der Waals surface area contributed by atoms with Crippen molar-refractivity contribution >= 4 is 27.3 Å². The summed E-state index contributed by atoms with van der Waals surface area (Å²) in [6.45, 7) is 2.41. The number of nitrogens with two attached hydrogens (primary N) is 1. The van der Waals surface area contributed by atoms with Gasteiger partial charge in [-0.25, -0.2) is 0 Å². The maximum Gasteiger partial charge on any atom is 0.0601 e. The molecular formula is C14H19BrN2. The molecule has 0 amide bonds. The highest BCUT2D eigenvalue weighted by Crippen LogP contribution is 2.46. The molecule has 1 aliphatic heterocycles. The molecule has 2 aliphatic rings. The number of hydrogen-bond acceptors (Lipinski definition) is 2. The van der Waals surface area contributed by atoms with Crippen LogP contribution in [-0.2, 0) is 0 Å². The molecule has 3 rings (SSSR count). The summed E-state index contributed by atoms with van der Waals surface area (Å²) in [6, 6.07) is 6.22. The van der Waals surface area contributed by atoms with Crippen LogP contribution in [0.25, 0.3) is 0 Å². The molecule has 3 heteroatoms. The fraction of sp³-hybridized carbons (Fsp3) is 0.571. The van der Waals surface area contributed by atoms with E-state index in [1.54, 1.807) is 0 Å². The monoisotopic (exact) mass is 294 g/mol. The van der Waals surface area contributed by atoms with E-state index in [9.17, 15) is 0 Å². The number of benzene rings is 1. The van der Waals surface area contributed by atoms with E-state index in [1.165, 1.54) is 50.9 Å². The lowest BCUT2D eigenvalue weighted by molar-refractivity contribution is 0.139. The third-order valence-corrected chi connectivity index (χ3v) is 4.79. The van der Waals surface area contributed by atoms with Crippen molar-refractivity contribution in [1.82, 2.24) is 0 Å². The molecule has 17 heavy (non-hydrogen) atoms. The summed E-state index contributed by atoms with van der Waals surface area (Å²) in [4.78, 5) is 2.44. The third kappa shape index (κ3) is 2.05. The lowest BCUT2D eigenvalue weighted by Crippen LogP contribution is -2.57. The van der Waals surface area contributed by atoms with Gasteiger partial charge in [0.05, 0.1) is 11.4 Å². The smallest absolute Gasteiger partial charge is 0.0601 e. The SMILES string of the molecule is Nc1cc(Br)ccc1N1CC2(CCCCC2)C1. The van der Waals surface area contributed by atoms with E-state index in [2.05, 4.69) is 33.0 Å². The Kier molecular flexibility index (Phi) is 2.81. The largest absolute Gasteiger partial charge is 0.397 e. The predicted molar refractivity (Wildman–Crippen MR) is 76.3 cm³/mol. The number of nitrogen functional groups attached to an aromatic ring is 1. The molecular weight excluding hydrogens is 276 g/mol. The summed E-state index contributed by atoms with van der Waals surface area (Å²) >= 11 is 3.46. The van der Waals surface area contributed by atoms with Crippen molar-refractivity contribution in [3.05, 3.63) is 22.7 Å². The molecule has 1 heterocycles. The Hall–Kier alpha value is -0.700. The molecule has 1 saturated carbocycles. The second kappa shape index (κ2) is 4.20. The topological polar surface area (TPSA) is 29.3 Å². The minimum Gasteiger partial charge on any atom is -0.397 e. The van der Waals surface area contributed by atoms with Gasteiger partial charge >= 0.3 is 0 Å². The Bertz CT molecular complexity index is 416. The van der Waals surface area contributed by atoms with Crippen LogP contribution in [0.15, 0.2) is 22.7 Å². The molecule has 2 nitrogen and oxygen atoms in total. The van der Waals surface area contributed by atoms with Crippen LogP contribution in [0.4, 0.5) is 11.4 Å².